The van der Waals surface area contributed by atoms with Crippen molar-refractivity contribution in [2.24, 2.45) is 12.9 Å². The number of hydrazine groups is 1. The first-order chi connectivity index (χ1) is 9.91. The molecule has 2 rings (SSSR count). The minimum absolute atomic E-state index is 0.245. The number of hydrogen-bond acceptors (Lipinski definition) is 4. The number of nitrogens with two attached hydrogens (primary N) is 1. The van der Waals surface area contributed by atoms with Crippen LogP contribution in [0.25, 0.3) is 0 Å². The number of aryl methyl sites for hydroxylation is 1. The molecule has 0 aliphatic carbocycles. The number of nitrogens with one attached hydrogen (secondary N) is 1. The van der Waals surface area contributed by atoms with Crippen LogP contribution in [0.4, 0.5) is 4.39 Å². The summed E-state index contributed by atoms with van der Waals surface area (Å²) in [7, 11) is 3.43. The molecule has 1 heterocycles. The molecule has 0 radical (unpaired) electrons. The van der Waals surface area contributed by atoms with Crippen molar-refractivity contribution in [3.63, 3.8) is 0 Å². The molecule has 6 heteroatoms. The first-order valence-corrected chi connectivity index (χ1v) is 6.70. The molecule has 1 aromatic heterocycles. The van der Waals surface area contributed by atoms with Gasteiger partial charge in [0.25, 0.3) is 0 Å². The van der Waals surface area contributed by atoms with Gasteiger partial charge in [-0.2, -0.15) is 5.10 Å². The van der Waals surface area contributed by atoms with Crippen LogP contribution in [0.5, 0.6) is 5.75 Å². The highest BCUT2D eigenvalue weighted by Crippen LogP contribution is 2.39. The van der Waals surface area contributed by atoms with Crippen molar-refractivity contribution in [2.75, 3.05) is 7.11 Å². The molecule has 0 spiro atoms. The van der Waals surface area contributed by atoms with Gasteiger partial charge in [0.2, 0.25) is 0 Å². The molecular formula is C15H21FN4O. The summed E-state index contributed by atoms with van der Waals surface area (Å²) >= 11 is 0. The lowest BCUT2D eigenvalue weighted by molar-refractivity contribution is 0.319. The highest BCUT2D eigenvalue weighted by Gasteiger charge is 2.36. The monoisotopic (exact) mass is 292 g/mol. The van der Waals surface area contributed by atoms with E-state index < -0.39 is 0 Å². The second kappa shape index (κ2) is 5.83. The fourth-order valence-electron chi connectivity index (χ4n) is 2.59. The standard InChI is InChI=1S/C15H21FN4O/c1-15(2,10-5-7-11(16)8-6-10)14(19-17)13-12(21-4)9-18-20(13)3/h5-9,14,19H,17H2,1-4H3. The van der Waals surface area contributed by atoms with E-state index in [9.17, 15) is 4.39 Å². The van der Waals surface area contributed by atoms with Crippen LogP contribution in [0.15, 0.2) is 30.5 Å². The van der Waals surface area contributed by atoms with E-state index in [1.54, 1.807) is 30.1 Å². The Morgan fingerprint density at radius 1 is 1.33 bits per heavy atom. The van der Waals surface area contributed by atoms with Gasteiger partial charge in [-0.05, 0) is 17.7 Å². The zero-order valence-corrected chi connectivity index (χ0v) is 12.7. The molecular weight excluding hydrogens is 271 g/mol. The SMILES string of the molecule is COc1cnn(C)c1C(NN)C(C)(C)c1ccc(F)cc1. The van der Waals surface area contributed by atoms with Crippen LogP contribution < -0.4 is 16.0 Å². The van der Waals surface area contributed by atoms with Gasteiger partial charge in [-0.1, -0.05) is 26.0 Å². The molecule has 5 nitrogen and oxygen atoms in total. The van der Waals surface area contributed by atoms with E-state index in [4.69, 9.17) is 10.6 Å². The Morgan fingerprint density at radius 3 is 2.48 bits per heavy atom. The molecule has 0 aliphatic rings. The van der Waals surface area contributed by atoms with Gasteiger partial charge in [0.05, 0.1) is 25.0 Å². The lowest BCUT2D eigenvalue weighted by atomic mass is 9.76. The quantitative estimate of drug-likeness (QED) is 0.654. The number of nitrogens with zero attached hydrogens (tertiary/aromatic N) is 2. The number of hydrogen-bond donors (Lipinski definition) is 2. The normalized spacial score (nSPS) is 13.2. The molecule has 1 atom stereocenters. The van der Waals surface area contributed by atoms with Crippen molar-refractivity contribution in [3.05, 3.63) is 47.5 Å². The van der Waals surface area contributed by atoms with Gasteiger partial charge in [0.15, 0.2) is 5.75 Å². The molecule has 1 aromatic carbocycles. The van der Waals surface area contributed by atoms with Crippen LogP contribution in [0.1, 0.15) is 31.1 Å². The van der Waals surface area contributed by atoms with Crippen molar-refractivity contribution in [3.8, 4) is 5.75 Å². The average Bonchev–Trinajstić information content (AvgIpc) is 2.81. The molecule has 1 unspecified atom stereocenters. The van der Waals surface area contributed by atoms with Gasteiger partial charge >= 0.3 is 0 Å². The molecule has 3 N–H and O–H groups in total. The summed E-state index contributed by atoms with van der Waals surface area (Å²) in [5, 5.41) is 4.21. The Kier molecular flexibility index (Phi) is 4.29. The number of halogens is 1. The van der Waals surface area contributed by atoms with Gasteiger partial charge in [0, 0.05) is 12.5 Å². The Balaban J connectivity index is 2.48. The fourth-order valence-corrected chi connectivity index (χ4v) is 2.59. The lowest BCUT2D eigenvalue weighted by Crippen LogP contribution is -2.42. The molecule has 0 fully saturated rings. The summed E-state index contributed by atoms with van der Waals surface area (Å²) in [6, 6.07) is 6.19. The maximum absolute atomic E-state index is 13.1. The minimum Gasteiger partial charge on any atom is -0.493 e. The van der Waals surface area contributed by atoms with Crippen LogP contribution in [-0.4, -0.2) is 16.9 Å². The van der Waals surface area contributed by atoms with Crippen LogP contribution in [0.3, 0.4) is 0 Å². The lowest BCUT2D eigenvalue weighted by Gasteiger charge is -2.34. The summed E-state index contributed by atoms with van der Waals surface area (Å²) in [6.45, 7) is 4.08. The summed E-state index contributed by atoms with van der Waals surface area (Å²) in [5.41, 5.74) is 4.26. The Morgan fingerprint density at radius 2 is 1.95 bits per heavy atom. The first-order valence-electron chi connectivity index (χ1n) is 6.70. The van der Waals surface area contributed by atoms with E-state index >= 15 is 0 Å². The van der Waals surface area contributed by atoms with E-state index in [-0.39, 0.29) is 17.3 Å². The summed E-state index contributed by atoms with van der Waals surface area (Å²) < 4.78 is 20.2. The molecule has 0 saturated carbocycles. The molecule has 2 aromatic rings. The second-order valence-corrected chi connectivity index (χ2v) is 5.55. The van der Waals surface area contributed by atoms with Gasteiger partial charge < -0.3 is 4.74 Å². The minimum atomic E-state index is -0.385. The van der Waals surface area contributed by atoms with E-state index in [1.807, 2.05) is 20.9 Å². The number of methoxy groups -OCH3 is 1. The third kappa shape index (κ3) is 2.77. The second-order valence-electron chi connectivity index (χ2n) is 5.55. The van der Waals surface area contributed by atoms with E-state index in [1.165, 1.54) is 12.1 Å². The molecule has 0 saturated heterocycles. The van der Waals surface area contributed by atoms with Crippen LogP contribution in [0.2, 0.25) is 0 Å². The molecule has 21 heavy (non-hydrogen) atoms. The maximum atomic E-state index is 13.1. The van der Waals surface area contributed by atoms with Crippen molar-refractivity contribution < 1.29 is 9.13 Å². The number of rotatable bonds is 5. The highest BCUT2D eigenvalue weighted by atomic mass is 19.1. The van der Waals surface area contributed by atoms with Crippen molar-refractivity contribution in [1.82, 2.24) is 15.2 Å². The van der Waals surface area contributed by atoms with Crippen LogP contribution in [0, 0.1) is 5.82 Å². The zero-order valence-electron chi connectivity index (χ0n) is 12.7. The molecule has 0 amide bonds. The maximum Gasteiger partial charge on any atom is 0.161 e. The third-order valence-electron chi connectivity index (χ3n) is 3.92. The first kappa shape index (κ1) is 15.5. The number of benzene rings is 1. The van der Waals surface area contributed by atoms with Crippen molar-refractivity contribution >= 4 is 0 Å². The number of aromatic nitrogens is 2. The highest BCUT2D eigenvalue weighted by molar-refractivity contribution is 5.35. The zero-order chi connectivity index (χ0) is 15.6. The molecule has 0 aliphatic heterocycles. The smallest absolute Gasteiger partial charge is 0.161 e. The Hall–Kier alpha value is -1.92. The predicted octanol–water partition coefficient (Wildman–Crippen LogP) is 2.05. The van der Waals surface area contributed by atoms with Crippen molar-refractivity contribution in [1.29, 1.82) is 0 Å². The molecule has 0 bridgehead atoms. The van der Waals surface area contributed by atoms with Crippen LogP contribution in [-0.2, 0) is 12.5 Å². The predicted molar refractivity (Wildman–Crippen MR) is 79.3 cm³/mol. The average molecular weight is 292 g/mol. The van der Waals surface area contributed by atoms with E-state index in [0.717, 1.165) is 11.3 Å². The third-order valence-corrected chi connectivity index (χ3v) is 3.92. The van der Waals surface area contributed by atoms with Gasteiger partial charge in [-0.25, -0.2) is 4.39 Å². The molecule has 114 valence electrons. The van der Waals surface area contributed by atoms with E-state index in [2.05, 4.69) is 10.5 Å². The van der Waals surface area contributed by atoms with E-state index in [0.29, 0.717) is 5.75 Å². The van der Waals surface area contributed by atoms with Crippen molar-refractivity contribution in [2.45, 2.75) is 25.3 Å². The van der Waals surface area contributed by atoms with Gasteiger partial charge in [-0.3, -0.25) is 16.0 Å². The summed E-state index contributed by atoms with van der Waals surface area (Å²) in [4.78, 5) is 0. The summed E-state index contributed by atoms with van der Waals surface area (Å²) in [5.74, 6) is 6.19. The van der Waals surface area contributed by atoms with Gasteiger partial charge in [0.1, 0.15) is 5.82 Å². The Labute approximate surface area is 123 Å². The topological polar surface area (TPSA) is 65.1 Å². The summed E-state index contributed by atoms with van der Waals surface area (Å²) in [6.07, 6.45) is 1.65. The van der Waals surface area contributed by atoms with Crippen LogP contribution >= 0.6 is 0 Å². The Bertz CT molecular complexity index is 607. The largest absolute Gasteiger partial charge is 0.493 e. The fraction of sp³-hybridized carbons (Fsp3) is 0.400. The number of ether oxygens (including phenoxy) is 1. The van der Waals surface area contributed by atoms with Gasteiger partial charge in [-0.15, -0.1) is 0 Å².